The molecule has 1 N–H and O–H groups in total. The van der Waals surface area contributed by atoms with Gasteiger partial charge in [0.1, 0.15) is 0 Å². The first-order chi connectivity index (χ1) is 9.03. The second-order valence-corrected chi connectivity index (χ2v) is 6.61. The molecule has 4 heteroatoms. The summed E-state index contributed by atoms with van der Waals surface area (Å²) in [6.07, 6.45) is 6.47. The highest BCUT2D eigenvalue weighted by Gasteiger charge is 2.25. The van der Waals surface area contributed by atoms with Gasteiger partial charge in [-0.2, -0.15) is 0 Å². The molecule has 2 saturated heterocycles. The van der Waals surface area contributed by atoms with Gasteiger partial charge in [-0.05, 0) is 46.0 Å². The number of hydrogen-bond donors (Lipinski definition) is 1. The van der Waals surface area contributed by atoms with Gasteiger partial charge in [-0.25, -0.2) is 0 Å². The number of likely N-dealkylation sites (tertiary alicyclic amines) is 1. The summed E-state index contributed by atoms with van der Waals surface area (Å²) in [6.45, 7) is 8.21. The molecule has 0 amide bonds. The van der Waals surface area contributed by atoms with Crippen molar-refractivity contribution in [3.05, 3.63) is 0 Å². The van der Waals surface area contributed by atoms with Crippen LogP contribution in [-0.4, -0.2) is 60.7 Å². The van der Waals surface area contributed by atoms with Gasteiger partial charge in [0.05, 0.1) is 24.4 Å². The van der Waals surface area contributed by atoms with Crippen molar-refractivity contribution in [1.29, 1.82) is 0 Å². The molecule has 0 spiro atoms. The Morgan fingerprint density at radius 2 is 1.95 bits per heavy atom. The minimum Gasteiger partial charge on any atom is -0.389 e. The summed E-state index contributed by atoms with van der Waals surface area (Å²) in [5, 5.41) is 9.82. The van der Waals surface area contributed by atoms with Crippen LogP contribution in [0.3, 0.4) is 0 Å². The van der Waals surface area contributed by atoms with Crippen molar-refractivity contribution in [3.63, 3.8) is 0 Å². The lowest BCUT2D eigenvalue weighted by atomic mass is 10.0. The van der Waals surface area contributed by atoms with Gasteiger partial charge in [0, 0.05) is 26.2 Å². The maximum absolute atomic E-state index is 9.82. The van der Waals surface area contributed by atoms with Crippen LogP contribution >= 0.6 is 0 Å². The molecule has 0 saturated carbocycles. The number of hydrogen-bond acceptors (Lipinski definition) is 4. The lowest BCUT2D eigenvalue weighted by molar-refractivity contribution is -0.0784. The Morgan fingerprint density at radius 1 is 1.21 bits per heavy atom. The molecule has 0 radical (unpaired) electrons. The number of nitrogens with zero attached hydrogens (tertiary/aromatic N) is 1. The summed E-state index contributed by atoms with van der Waals surface area (Å²) in [6, 6.07) is 0. The molecule has 4 nitrogen and oxygen atoms in total. The minimum absolute atomic E-state index is 0.322. The SMILES string of the molecule is CC(C)(O)CN1CCC(OCC2CCCCO2)CC1. The van der Waals surface area contributed by atoms with E-state index in [2.05, 4.69) is 4.90 Å². The van der Waals surface area contributed by atoms with Gasteiger partial charge in [-0.1, -0.05) is 0 Å². The van der Waals surface area contributed by atoms with Gasteiger partial charge in [-0.15, -0.1) is 0 Å². The predicted molar refractivity (Wildman–Crippen MR) is 75.3 cm³/mol. The maximum Gasteiger partial charge on any atom is 0.0808 e. The first-order valence-electron chi connectivity index (χ1n) is 7.71. The third-order valence-corrected chi connectivity index (χ3v) is 3.94. The predicted octanol–water partition coefficient (Wildman–Crippen LogP) is 1.81. The number of aliphatic hydroxyl groups is 1. The lowest BCUT2D eigenvalue weighted by Gasteiger charge is -2.35. The summed E-state index contributed by atoms with van der Waals surface area (Å²) in [5.41, 5.74) is -0.594. The zero-order valence-electron chi connectivity index (χ0n) is 12.4. The normalized spacial score (nSPS) is 27.6. The van der Waals surface area contributed by atoms with Crippen molar-refractivity contribution in [2.45, 2.75) is 63.8 Å². The van der Waals surface area contributed by atoms with Crippen LogP contribution in [0.2, 0.25) is 0 Å². The van der Waals surface area contributed by atoms with Crippen LogP contribution in [0.1, 0.15) is 46.0 Å². The molecule has 2 aliphatic rings. The molecular weight excluding hydrogens is 242 g/mol. The van der Waals surface area contributed by atoms with Gasteiger partial charge in [0.2, 0.25) is 0 Å². The van der Waals surface area contributed by atoms with Crippen LogP contribution < -0.4 is 0 Å². The van der Waals surface area contributed by atoms with E-state index in [4.69, 9.17) is 9.47 Å². The van der Waals surface area contributed by atoms with Crippen molar-refractivity contribution >= 4 is 0 Å². The molecule has 2 aliphatic heterocycles. The van der Waals surface area contributed by atoms with E-state index in [1.807, 2.05) is 13.8 Å². The van der Waals surface area contributed by atoms with Crippen molar-refractivity contribution < 1.29 is 14.6 Å². The Balaban J connectivity index is 1.60. The first kappa shape index (κ1) is 15.2. The molecule has 112 valence electrons. The zero-order valence-corrected chi connectivity index (χ0v) is 12.4. The number of β-amino-alcohol motifs (C(OH)–C–C–N with tert-alkyl or cyclic N) is 1. The van der Waals surface area contributed by atoms with Crippen LogP contribution in [0, 0.1) is 0 Å². The molecule has 0 aliphatic carbocycles. The summed E-state index contributed by atoms with van der Waals surface area (Å²) in [5.74, 6) is 0. The van der Waals surface area contributed by atoms with Crippen LogP contribution in [0.4, 0.5) is 0 Å². The largest absolute Gasteiger partial charge is 0.389 e. The summed E-state index contributed by atoms with van der Waals surface area (Å²) >= 11 is 0. The summed E-state index contributed by atoms with van der Waals surface area (Å²) < 4.78 is 11.7. The molecular formula is C15H29NO3. The summed E-state index contributed by atoms with van der Waals surface area (Å²) in [4.78, 5) is 2.33. The molecule has 0 aromatic rings. The van der Waals surface area contributed by atoms with Crippen LogP contribution in [0.15, 0.2) is 0 Å². The quantitative estimate of drug-likeness (QED) is 0.828. The van der Waals surface area contributed by atoms with E-state index >= 15 is 0 Å². The fourth-order valence-corrected chi connectivity index (χ4v) is 2.96. The lowest BCUT2D eigenvalue weighted by Crippen LogP contribution is -2.44. The van der Waals surface area contributed by atoms with E-state index in [9.17, 15) is 5.11 Å². The topological polar surface area (TPSA) is 41.9 Å². The second-order valence-electron chi connectivity index (χ2n) is 6.61. The Morgan fingerprint density at radius 3 is 2.53 bits per heavy atom. The van der Waals surface area contributed by atoms with Gasteiger partial charge in [0.15, 0.2) is 0 Å². The molecule has 2 heterocycles. The fraction of sp³-hybridized carbons (Fsp3) is 1.00. The third kappa shape index (κ3) is 5.78. The fourth-order valence-electron chi connectivity index (χ4n) is 2.96. The first-order valence-corrected chi connectivity index (χ1v) is 7.71. The van der Waals surface area contributed by atoms with E-state index in [1.165, 1.54) is 12.8 Å². The molecule has 0 aromatic heterocycles. The Kier molecular flexibility index (Phi) is 5.63. The molecule has 0 bridgehead atoms. The minimum atomic E-state index is -0.594. The third-order valence-electron chi connectivity index (χ3n) is 3.94. The highest BCUT2D eigenvalue weighted by atomic mass is 16.5. The van der Waals surface area contributed by atoms with E-state index in [1.54, 1.807) is 0 Å². The van der Waals surface area contributed by atoms with Gasteiger partial charge in [-0.3, -0.25) is 0 Å². The Labute approximate surface area is 117 Å². The van der Waals surface area contributed by atoms with Crippen molar-refractivity contribution in [2.24, 2.45) is 0 Å². The van der Waals surface area contributed by atoms with Crippen LogP contribution in [0.25, 0.3) is 0 Å². The van der Waals surface area contributed by atoms with Crippen LogP contribution in [-0.2, 0) is 9.47 Å². The van der Waals surface area contributed by atoms with Gasteiger partial charge < -0.3 is 19.5 Å². The molecule has 2 rings (SSSR count). The standard InChI is InChI=1S/C15H29NO3/c1-15(2,17)12-16-8-6-13(7-9-16)19-11-14-5-3-4-10-18-14/h13-14,17H,3-12H2,1-2H3. The summed E-state index contributed by atoms with van der Waals surface area (Å²) in [7, 11) is 0. The molecule has 1 atom stereocenters. The van der Waals surface area contributed by atoms with Gasteiger partial charge in [0.25, 0.3) is 0 Å². The van der Waals surface area contributed by atoms with Gasteiger partial charge >= 0.3 is 0 Å². The highest BCUT2D eigenvalue weighted by Crippen LogP contribution is 2.18. The molecule has 0 aromatic carbocycles. The number of piperidine rings is 1. The molecule has 1 unspecified atom stereocenters. The zero-order chi connectivity index (χ0) is 13.7. The smallest absolute Gasteiger partial charge is 0.0808 e. The van der Waals surface area contributed by atoms with Crippen molar-refractivity contribution in [1.82, 2.24) is 4.90 Å². The Hall–Kier alpha value is -0.160. The van der Waals surface area contributed by atoms with Crippen molar-refractivity contribution in [3.8, 4) is 0 Å². The average Bonchev–Trinajstić information content (AvgIpc) is 2.37. The average molecular weight is 271 g/mol. The number of ether oxygens (including phenoxy) is 2. The van der Waals surface area contributed by atoms with E-state index in [0.29, 0.717) is 12.2 Å². The molecule has 19 heavy (non-hydrogen) atoms. The van der Waals surface area contributed by atoms with Crippen LogP contribution in [0.5, 0.6) is 0 Å². The Bertz CT molecular complexity index is 251. The van der Waals surface area contributed by atoms with E-state index in [-0.39, 0.29) is 0 Å². The maximum atomic E-state index is 9.82. The second kappa shape index (κ2) is 7.02. The monoisotopic (exact) mass is 271 g/mol. The number of rotatable bonds is 5. The van der Waals surface area contributed by atoms with E-state index < -0.39 is 5.60 Å². The van der Waals surface area contributed by atoms with E-state index in [0.717, 1.165) is 52.1 Å². The van der Waals surface area contributed by atoms with Crippen molar-refractivity contribution in [2.75, 3.05) is 32.8 Å². The highest BCUT2D eigenvalue weighted by molar-refractivity contribution is 4.78. The molecule has 2 fully saturated rings.